The summed E-state index contributed by atoms with van der Waals surface area (Å²) in [5.41, 5.74) is 0. The van der Waals surface area contributed by atoms with Crippen molar-refractivity contribution in [2.45, 2.75) is 117 Å². The molecular weight excluding hydrogens is 290 g/mol. The molecule has 144 valence electrons. The standard InChI is InChI=1S/C23H47N/c1-4-7-10-12-14-16-19-22-24(21-18-9-6-3)23-20-17-15-13-11-8-5-2/h9,18H,4-8,10-17,19-23H2,1-3H3/b18-9+. The number of hydrogen-bond acceptors (Lipinski definition) is 1. The second-order valence-electron chi connectivity index (χ2n) is 7.42. The van der Waals surface area contributed by atoms with Gasteiger partial charge in [0, 0.05) is 6.54 Å². The van der Waals surface area contributed by atoms with Crippen molar-refractivity contribution >= 4 is 0 Å². The first-order valence-electron chi connectivity index (χ1n) is 11.2. The Bertz CT molecular complexity index is 228. The van der Waals surface area contributed by atoms with Gasteiger partial charge in [-0.25, -0.2) is 0 Å². The van der Waals surface area contributed by atoms with E-state index in [0.717, 1.165) is 0 Å². The highest BCUT2D eigenvalue weighted by Gasteiger charge is 2.03. The molecular formula is C23H47N. The largest absolute Gasteiger partial charge is 0.300 e. The average Bonchev–Trinajstić information content (AvgIpc) is 2.59. The highest BCUT2D eigenvalue weighted by Crippen LogP contribution is 2.10. The quantitative estimate of drug-likeness (QED) is 0.172. The summed E-state index contributed by atoms with van der Waals surface area (Å²) in [4.78, 5) is 2.68. The predicted octanol–water partition coefficient (Wildman–Crippen LogP) is 7.76. The fourth-order valence-electron chi connectivity index (χ4n) is 3.27. The van der Waals surface area contributed by atoms with Gasteiger partial charge in [-0.1, -0.05) is 110 Å². The summed E-state index contributed by atoms with van der Waals surface area (Å²) in [6.07, 6.45) is 25.7. The van der Waals surface area contributed by atoms with Crippen LogP contribution >= 0.6 is 0 Å². The van der Waals surface area contributed by atoms with Crippen molar-refractivity contribution in [1.82, 2.24) is 4.90 Å². The second kappa shape index (κ2) is 20.7. The van der Waals surface area contributed by atoms with Gasteiger partial charge in [0.05, 0.1) is 0 Å². The molecule has 0 spiro atoms. The molecule has 0 aromatic rings. The summed E-state index contributed by atoms with van der Waals surface area (Å²) in [7, 11) is 0. The molecule has 0 fully saturated rings. The minimum atomic E-state index is 1.17. The van der Waals surface area contributed by atoms with Crippen LogP contribution in [0.1, 0.15) is 117 Å². The first-order valence-corrected chi connectivity index (χ1v) is 11.2. The Hall–Kier alpha value is -0.300. The molecule has 0 atom stereocenters. The number of nitrogens with zero attached hydrogens (tertiary/aromatic N) is 1. The zero-order valence-corrected chi connectivity index (χ0v) is 17.3. The van der Waals surface area contributed by atoms with E-state index >= 15 is 0 Å². The molecule has 0 N–H and O–H groups in total. The number of allylic oxidation sites excluding steroid dienone is 1. The number of unbranched alkanes of at least 4 members (excludes halogenated alkanes) is 12. The van der Waals surface area contributed by atoms with Gasteiger partial charge < -0.3 is 0 Å². The molecule has 0 aliphatic heterocycles. The number of hydrogen-bond donors (Lipinski definition) is 0. The van der Waals surface area contributed by atoms with Crippen LogP contribution < -0.4 is 0 Å². The van der Waals surface area contributed by atoms with Crippen LogP contribution in [0.15, 0.2) is 12.2 Å². The zero-order valence-electron chi connectivity index (χ0n) is 17.3. The maximum Gasteiger partial charge on any atom is 0.0163 e. The van der Waals surface area contributed by atoms with Crippen molar-refractivity contribution in [3.63, 3.8) is 0 Å². The molecule has 1 heteroatoms. The highest BCUT2D eigenvalue weighted by atomic mass is 15.1. The molecule has 0 aliphatic rings. The molecule has 0 radical (unpaired) electrons. The molecule has 0 aromatic heterocycles. The van der Waals surface area contributed by atoms with E-state index in [1.54, 1.807) is 0 Å². The minimum absolute atomic E-state index is 1.17. The Balaban J connectivity index is 3.70. The van der Waals surface area contributed by atoms with Gasteiger partial charge in [-0.2, -0.15) is 0 Å². The predicted molar refractivity (Wildman–Crippen MR) is 112 cm³/mol. The molecule has 0 heterocycles. The molecule has 0 aromatic carbocycles. The summed E-state index contributed by atoms with van der Waals surface area (Å²) >= 11 is 0. The van der Waals surface area contributed by atoms with Gasteiger partial charge in [-0.15, -0.1) is 0 Å². The van der Waals surface area contributed by atoms with Crippen molar-refractivity contribution in [3.05, 3.63) is 12.2 Å². The summed E-state index contributed by atoms with van der Waals surface area (Å²) in [5.74, 6) is 0. The van der Waals surface area contributed by atoms with Crippen molar-refractivity contribution in [3.8, 4) is 0 Å². The normalized spacial score (nSPS) is 11.8. The molecule has 0 saturated heterocycles. The topological polar surface area (TPSA) is 3.24 Å². The fourth-order valence-corrected chi connectivity index (χ4v) is 3.27. The lowest BCUT2D eigenvalue weighted by molar-refractivity contribution is 0.285. The lowest BCUT2D eigenvalue weighted by Crippen LogP contribution is -2.26. The van der Waals surface area contributed by atoms with E-state index in [1.165, 1.54) is 116 Å². The molecule has 0 bridgehead atoms. The third-order valence-corrected chi connectivity index (χ3v) is 4.92. The molecule has 0 rings (SSSR count). The maximum atomic E-state index is 2.68. The third kappa shape index (κ3) is 18.0. The molecule has 0 aliphatic carbocycles. The fraction of sp³-hybridized carbons (Fsp3) is 0.913. The van der Waals surface area contributed by atoms with Crippen LogP contribution in [0.2, 0.25) is 0 Å². The summed E-state index contributed by atoms with van der Waals surface area (Å²) in [6.45, 7) is 10.6. The van der Waals surface area contributed by atoms with Crippen molar-refractivity contribution in [2.24, 2.45) is 0 Å². The Kier molecular flexibility index (Phi) is 20.5. The molecule has 1 nitrogen and oxygen atoms in total. The van der Waals surface area contributed by atoms with Crippen LogP contribution in [0.5, 0.6) is 0 Å². The van der Waals surface area contributed by atoms with Crippen LogP contribution in [0.4, 0.5) is 0 Å². The lowest BCUT2D eigenvalue weighted by Gasteiger charge is -2.20. The average molecular weight is 338 g/mol. The maximum absolute atomic E-state index is 2.68. The summed E-state index contributed by atoms with van der Waals surface area (Å²) in [5, 5.41) is 0. The van der Waals surface area contributed by atoms with Gasteiger partial charge in [0.25, 0.3) is 0 Å². The van der Waals surface area contributed by atoms with Crippen LogP contribution in [0.3, 0.4) is 0 Å². The smallest absolute Gasteiger partial charge is 0.0163 e. The van der Waals surface area contributed by atoms with E-state index in [9.17, 15) is 0 Å². The third-order valence-electron chi connectivity index (χ3n) is 4.92. The highest BCUT2D eigenvalue weighted by molar-refractivity contribution is 4.83. The van der Waals surface area contributed by atoms with E-state index in [-0.39, 0.29) is 0 Å². The van der Waals surface area contributed by atoms with Crippen LogP contribution in [0, 0.1) is 0 Å². The van der Waals surface area contributed by atoms with Gasteiger partial charge >= 0.3 is 0 Å². The first-order chi connectivity index (χ1) is 11.8. The molecule has 0 amide bonds. The SMILES string of the molecule is CC/C=C/CN(CCCCCCCCC)CCCCCCCCC. The van der Waals surface area contributed by atoms with Crippen LogP contribution in [0.25, 0.3) is 0 Å². The monoisotopic (exact) mass is 337 g/mol. The lowest BCUT2D eigenvalue weighted by atomic mass is 10.1. The summed E-state index contributed by atoms with van der Waals surface area (Å²) < 4.78 is 0. The van der Waals surface area contributed by atoms with Gasteiger partial charge in [-0.05, 0) is 32.4 Å². The minimum Gasteiger partial charge on any atom is -0.300 e. The Morgan fingerprint density at radius 2 is 0.917 bits per heavy atom. The number of rotatable bonds is 19. The Morgan fingerprint density at radius 1 is 0.500 bits per heavy atom. The van der Waals surface area contributed by atoms with Crippen molar-refractivity contribution < 1.29 is 0 Å². The second-order valence-corrected chi connectivity index (χ2v) is 7.42. The van der Waals surface area contributed by atoms with E-state index in [0.29, 0.717) is 0 Å². The van der Waals surface area contributed by atoms with E-state index in [2.05, 4.69) is 37.8 Å². The molecule has 0 saturated carbocycles. The van der Waals surface area contributed by atoms with E-state index in [1.807, 2.05) is 0 Å². The van der Waals surface area contributed by atoms with Gasteiger partial charge in [0.2, 0.25) is 0 Å². The Morgan fingerprint density at radius 3 is 1.33 bits per heavy atom. The van der Waals surface area contributed by atoms with Gasteiger partial charge in [0.15, 0.2) is 0 Å². The van der Waals surface area contributed by atoms with Crippen LogP contribution in [-0.4, -0.2) is 24.5 Å². The Labute approximate surface area is 154 Å². The van der Waals surface area contributed by atoms with E-state index < -0.39 is 0 Å². The van der Waals surface area contributed by atoms with E-state index in [4.69, 9.17) is 0 Å². The van der Waals surface area contributed by atoms with Crippen molar-refractivity contribution in [2.75, 3.05) is 19.6 Å². The van der Waals surface area contributed by atoms with Crippen molar-refractivity contribution in [1.29, 1.82) is 0 Å². The van der Waals surface area contributed by atoms with Crippen LogP contribution in [-0.2, 0) is 0 Å². The van der Waals surface area contributed by atoms with Gasteiger partial charge in [-0.3, -0.25) is 4.90 Å². The zero-order chi connectivity index (χ0) is 17.7. The molecule has 0 unspecified atom stereocenters. The summed E-state index contributed by atoms with van der Waals surface area (Å²) in [6, 6.07) is 0. The molecule has 24 heavy (non-hydrogen) atoms. The first kappa shape index (κ1) is 23.7. The van der Waals surface area contributed by atoms with Gasteiger partial charge in [0.1, 0.15) is 0 Å².